The monoisotopic (exact) mass is 236 g/mol. The molecular formula is C7H9BrO4. The second-order valence-electron chi connectivity index (χ2n) is 1.79. The summed E-state index contributed by atoms with van der Waals surface area (Å²) in [5.41, 5.74) is 0. The van der Waals surface area contributed by atoms with E-state index in [2.05, 4.69) is 25.4 Å². The van der Waals surface area contributed by atoms with Crippen molar-refractivity contribution in [1.29, 1.82) is 0 Å². The van der Waals surface area contributed by atoms with Gasteiger partial charge in [-0.3, -0.25) is 4.79 Å². The number of halogens is 1. The van der Waals surface area contributed by atoms with Gasteiger partial charge >= 0.3 is 11.9 Å². The maximum Gasteiger partial charge on any atom is 0.374 e. The molecule has 0 rings (SSSR count). The maximum absolute atomic E-state index is 10.9. The Morgan fingerprint density at radius 1 is 1.50 bits per heavy atom. The molecule has 5 heteroatoms. The van der Waals surface area contributed by atoms with Crippen LogP contribution in [0.3, 0.4) is 0 Å². The smallest absolute Gasteiger partial charge is 0.374 e. The van der Waals surface area contributed by atoms with Gasteiger partial charge in [0.2, 0.25) is 5.76 Å². The van der Waals surface area contributed by atoms with E-state index in [0.29, 0.717) is 0 Å². The first-order valence-electron chi connectivity index (χ1n) is 3.27. The molecule has 0 N–H and O–H groups in total. The molecule has 0 aliphatic rings. The number of hydrogen-bond acceptors (Lipinski definition) is 4. The highest BCUT2D eigenvalue weighted by molar-refractivity contribution is 9.11. The lowest BCUT2D eigenvalue weighted by Crippen LogP contribution is -2.12. The van der Waals surface area contributed by atoms with Crippen LogP contribution in [0.25, 0.3) is 0 Å². The Bertz CT molecular complexity index is 209. The quantitative estimate of drug-likeness (QED) is 0.422. The van der Waals surface area contributed by atoms with Crippen molar-refractivity contribution >= 4 is 27.9 Å². The van der Waals surface area contributed by atoms with Crippen LogP contribution in [-0.2, 0) is 19.1 Å². The zero-order valence-electron chi connectivity index (χ0n) is 6.80. The normalized spacial score (nSPS) is 10.8. The summed E-state index contributed by atoms with van der Waals surface area (Å²) < 4.78 is 9.10. The molecule has 0 amide bonds. The first-order chi connectivity index (χ1) is 5.61. The molecule has 0 aliphatic heterocycles. The lowest BCUT2D eigenvalue weighted by molar-refractivity contribution is -0.149. The van der Waals surface area contributed by atoms with Gasteiger partial charge in [0.15, 0.2) is 0 Å². The molecule has 0 aromatic carbocycles. The molecule has 0 bridgehead atoms. The summed E-state index contributed by atoms with van der Waals surface area (Å²) in [5, 5.41) is 0. The van der Waals surface area contributed by atoms with Gasteiger partial charge < -0.3 is 9.47 Å². The third-order valence-corrected chi connectivity index (χ3v) is 1.25. The minimum Gasteiger partial charge on any atom is -0.460 e. The van der Waals surface area contributed by atoms with E-state index in [4.69, 9.17) is 0 Å². The molecular weight excluding hydrogens is 228 g/mol. The molecule has 0 radical (unpaired) electrons. The zero-order chi connectivity index (χ0) is 9.56. The van der Waals surface area contributed by atoms with Crippen LogP contribution in [0.1, 0.15) is 13.8 Å². The van der Waals surface area contributed by atoms with Crippen LogP contribution in [0, 0.1) is 0 Å². The average Bonchev–Trinajstić information content (AvgIpc) is 2.00. The topological polar surface area (TPSA) is 52.6 Å². The number of carbonyl (C=O) groups is 2. The summed E-state index contributed by atoms with van der Waals surface area (Å²) in [7, 11) is 0. The van der Waals surface area contributed by atoms with E-state index in [0.717, 1.165) is 0 Å². The number of carbonyl (C=O) groups excluding carboxylic acids is 2. The van der Waals surface area contributed by atoms with Crippen molar-refractivity contribution < 1.29 is 19.1 Å². The van der Waals surface area contributed by atoms with E-state index in [1.807, 2.05) is 0 Å². The van der Waals surface area contributed by atoms with Crippen LogP contribution in [-0.4, -0.2) is 18.5 Å². The highest BCUT2D eigenvalue weighted by Crippen LogP contribution is 2.04. The van der Waals surface area contributed by atoms with Gasteiger partial charge in [0.1, 0.15) is 0 Å². The fraction of sp³-hybridized carbons (Fsp3) is 0.429. The Labute approximate surface area is 78.7 Å². The highest BCUT2D eigenvalue weighted by atomic mass is 79.9. The van der Waals surface area contributed by atoms with Crippen molar-refractivity contribution in [2.24, 2.45) is 0 Å². The van der Waals surface area contributed by atoms with E-state index in [-0.39, 0.29) is 12.4 Å². The summed E-state index contributed by atoms with van der Waals surface area (Å²) in [6.07, 6.45) is 0. The summed E-state index contributed by atoms with van der Waals surface area (Å²) >= 11 is 2.87. The van der Waals surface area contributed by atoms with Crippen molar-refractivity contribution in [3.63, 3.8) is 0 Å². The van der Waals surface area contributed by atoms with Gasteiger partial charge in [-0.15, -0.1) is 0 Å². The van der Waals surface area contributed by atoms with Crippen LogP contribution in [0.15, 0.2) is 10.7 Å². The molecule has 0 spiro atoms. The van der Waals surface area contributed by atoms with Gasteiger partial charge in [-0.05, 0) is 6.92 Å². The van der Waals surface area contributed by atoms with Crippen molar-refractivity contribution in [2.75, 3.05) is 6.61 Å². The largest absolute Gasteiger partial charge is 0.460 e. The molecule has 0 aromatic heterocycles. The van der Waals surface area contributed by atoms with Gasteiger partial charge in [0.25, 0.3) is 0 Å². The molecule has 0 aliphatic carbocycles. The highest BCUT2D eigenvalue weighted by Gasteiger charge is 2.12. The van der Waals surface area contributed by atoms with E-state index in [1.165, 1.54) is 11.9 Å². The summed E-state index contributed by atoms with van der Waals surface area (Å²) in [6.45, 7) is 3.11. The zero-order valence-corrected chi connectivity index (χ0v) is 8.38. The lowest BCUT2D eigenvalue weighted by Gasteiger charge is -2.03. The molecule has 12 heavy (non-hydrogen) atoms. The Hall–Kier alpha value is -0.840. The van der Waals surface area contributed by atoms with Gasteiger partial charge in [-0.25, -0.2) is 4.79 Å². The summed E-state index contributed by atoms with van der Waals surface area (Å²) in [6, 6.07) is 0. The van der Waals surface area contributed by atoms with Crippen molar-refractivity contribution in [3.8, 4) is 0 Å². The predicted molar refractivity (Wildman–Crippen MR) is 45.4 cm³/mol. The van der Waals surface area contributed by atoms with Crippen molar-refractivity contribution in [1.82, 2.24) is 0 Å². The standard InChI is InChI=1S/C7H9BrO4/c1-3-11-7(10)6(4-8)12-5(2)9/h4H,3H2,1-2H3. The molecule has 0 aromatic rings. The van der Waals surface area contributed by atoms with Crippen LogP contribution < -0.4 is 0 Å². The minimum atomic E-state index is -0.662. The Morgan fingerprint density at radius 3 is 2.42 bits per heavy atom. The summed E-state index contributed by atoms with van der Waals surface area (Å²) in [4.78, 5) is 22.5. The van der Waals surface area contributed by atoms with Crippen molar-refractivity contribution in [3.05, 3.63) is 10.7 Å². The Morgan fingerprint density at radius 2 is 2.08 bits per heavy atom. The minimum absolute atomic E-state index is 0.149. The molecule has 0 saturated heterocycles. The second-order valence-corrected chi connectivity index (χ2v) is 2.25. The van der Waals surface area contributed by atoms with Crippen LogP contribution >= 0.6 is 15.9 Å². The molecule has 0 atom stereocenters. The Balaban J connectivity index is 4.17. The lowest BCUT2D eigenvalue weighted by atomic mass is 10.5. The fourth-order valence-electron chi connectivity index (χ4n) is 0.466. The van der Waals surface area contributed by atoms with Gasteiger partial charge in [-0.1, -0.05) is 15.9 Å². The summed E-state index contributed by atoms with van der Waals surface area (Å²) in [5.74, 6) is -1.37. The first-order valence-corrected chi connectivity index (χ1v) is 4.19. The molecule has 0 unspecified atom stereocenters. The fourth-order valence-corrected chi connectivity index (χ4v) is 0.746. The number of ether oxygens (including phenoxy) is 2. The number of esters is 2. The number of hydrogen-bond donors (Lipinski definition) is 0. The van der Waals surface area contributed by atoms with E-state index in [9.17, 15) is 9.59 Å². The van der Waals surface area contributed by atoms with E-state index < -0.39 is 11.9 Å². The third kappa shape index (κ3) is 4.12. The molecule has 0 fully saturated rings. The van der Waals surface area contributed by atoms with Crippen LogP contribution in [0.2, 0.25) is 0 Å². The Kier molecular flexibility index (Phi) is 5.36. The van der Waals surface area contributed by atoms with Crippen LogP contribution in [0.5, 0.6) is 0 Å². The molecule has 0 saturated carbocycles. The maximum atomic E-state index is 10.9. The van der Waals surface area contributed by atoms with Gasteiger partial charge in [0.05, 0.1) is 6.61 Å². The SMILES string of the molecule is CCOC(=O)C(=CBr)OC(C)=O. The predicted octanol–water partition coefficient (Wildman–Crippen LogP) is 1.35. The van der Waals surface area contributed by atoms with Crippen LogP contribution in [0.4, 0.5) is 0 Å². The van der Waals surface area contributed by atoms with E-state index in [1.54, 1.807) is 6.92 Å². The third-order valence-electron chi connectivity index (χ3n) is 0.829. The average molecular weight is 237 g/mol. The molecule has 68 valence electrons. The van der Waals surface area contributed by atoms with Crippen molar-refractivity contribution in [2.45, 2.75) is 13.8 Å². The van der Waals surface area contributed by atoms with Gasteiger partial charge in [0, 0.05) is 11.9 Å². The second kappa shape index (κ2) is 5.77. The first kappa shape index (κ1) is 11.2. The molecule has 0 heterocycles. The number of rotatable bonds is 3. The van der Waals surface area contributed by atoms with E-state index >= 15 is 0 Å². The van der Waals surface area contributed by atoms with Gasteiger partial charge in [-0.2, -0.15) is 0 Å². The molecule has 4 nitrogen and oxygen atoms in total.